The molecule has 1 heterocycles. The van der Waals surface area contributed by atoms with Crippen molar-refractivity contribution in [3.63, 3.8) is 0 Å². The summed E-state index contributed by atoms with van der Waals surface area (Å²) in [4.78, 5) is 23.3. The monoisotopic (exact) mass is 295 g/mol. The Morgan fingerprint density at radius 1 is 1.38 bits per heavy atom. The van der Waals surface area contributed by atoms with Gasteiger partial charge in [0.1, 0.15) is 17.3 Å². The van der Waals surface area contributed by atoms with Crippen LogP contribution in [0.3, 0.4) is 0 Å². The van der Waals surface area contributed by atoms with Gasteiger partial charge in [-0.05, 0) is 13.0 Å². The van der Waals surface area contributed by atoms with E-state index in [-0.39, 0.29) is 30.0 Å². The van der Waals surface area contributed by atoms with Gasteiger partial charge in [0.05, 0.1) is 6.04 Å². The second-order valence-electron chi connectivity index (χ2n) is 4.83. The number of carbonyl (C=O) groups excluding carboxylic acids is 2. The predicted molar refractivity (Wildman–Crippen MR) is 72.4 cm³/mol. The molecule has 1 aromatic rings. The lowest BCUT2D eigenvalue weighted by Crippen LogP contribution is -2.38. The molecule has 1 aliphatic heterocycles. The van der Waals surface area contributed by atoms with Gasteiger partial charge in [0, 0.05) is 31.5 Å². The van der Waals surface area contributed by atoms with Gasteiger partial charge in [-0.3, -0.25) is 9.59 Å². The van der Waals surface area contributed by atoms with Crippen molar-refractivity contribution < 1.29 is 18.4 Å². The van der Waals surface area contributed by atoms with Crippen LogP contribution in [0.25, 0.3) is 0 Å². The third-order valence-corrected chi connectivity index (χ3v) is 3.25. The van der Waals surface area contributed by atoms with Crippen LogP contribution in [0, 0.1) is 11.6 Å². The summed E-state index contributed by atoms with van der Waals surface area (Å²) in [6.07, 6.45) is 0.454. The number of nitrogens with zero attached hydrogens (tertiary/aromatic N) is 2. The third kappa shape index (κ3) is 3.42. The standard InChI is InChI=1S/C14H15F2N3O2/c1-8(10-4-3-9(15)7-11(10)16)17-14(21)12-5-6-13(20)19(2)18-12/h3-4,7-8H,5-6H2,1-2H3,(H,17,21)/t8-/m0/s1. The maximum Gasteiger partial charge on any atom is 0.267 e. The highest BCUT2D eigenvalue weighted by atomic mass is 19.1. The summed E-state index contributed by atoms with van der Waals surface area (Å²) in [6, 6.07) is 2.55. The topological polar surface area (TPSA) is 61.8 Å². The van der Waals surface area contributed by atoms with Crippen LogP contribution in [-0.2, 0) is 9.59 Å². The van der Waals surface area contributed by atoms with Gasteiger partial charge in [0.2, 0.25) is 5.91 Å². The number of carbonyl (C=O) groups is 2. The summed E-state index contributed by atoms with van der Waals surface area (Å²) in [5.41, 5.74) is 0.400. The minimum absolute atomic E-state index is 0.163. The van der Waals surface area contributed by atoms with Crippen molar-refractivity contribution in [2.45, 2.75) is 25.8 Å². The van der Waals surface area contributed by atoms with Crippen molar-refractivity contribution >= 4 is 17.5 Å². The van der Waals surface area contributed by atoms with E-state index in [4.69, 9.17) is 0 Å². The molecule has 0 bridgehead atoms. The van der Waals surface area contributed by atoms with Gasteiger partial charge in [-0.15, -0.1) is 0 Å². The molecule has 21 heavy (non-hydrogen) atoms. The number of hydrazone groups is 1. The molecule has 0 aromatic heterocycles. The maximum atomic E-state index is 13.6. The quantitative estimate of drug-likeness (QED) is 0.923. The Hall–Kier alpha value is -2.31. The average molecular weight is 295 g/mol. The third-order valence-electron chi connectivity index (χ3n) is 3.25. The Morgan fingerprint density at radius 2 is 2.10 bits per heavy atom. The van der Waals surface area contributed by atoms with E-state index in [0.29, 0.717) is 0 Å². The van der Waals surface area contributed by atoms with Crippen LogP contribution in [0.2, 0.25) is 0 Å². The molecule has 0 spiro atoms. The largest absolute Gasteiger partial charge is 0.344 e. The molecule has 0 saturated carbocycles. The lowest BCUT2D eigenvalue weighted by Gasteiger charge is -2.21. The molecule has 1 atom stereocenters. The van der Waals surface area contributed by atoms with E-state index in [9.17, 15) is 18.4 Å². The summed E-state index contributed by atoms with van der Waals surface area (Å²) in [5.74, 6) is -2.03. The average Bonchev–Trinajstić information content (AvgIpc) is 2.41. The molecule has 1 aromatic carbocycles. The first-order valence-electron chi connectivity index (χ1n) is 6.48. The first-order valence-corrected chi connectivity index (χ1v) is 6.48. The Kier molecular flexibility index (Phi) is 4.30. The van der Waals surface area contributed by atoms with E-state index >= 15 is 0 Å². The highest BCUT2D eigenvalue weighted by Crippen LogP contribution is 2.18. The van der Waals surface area contributed by atoms with E-state index in [0.717, 1.165) is 17.1 Å². The van der Waals surface area contributed by atoms with Crippen LogP contribution in [0.1, 0.15) is 31.4 Å². The van der Waals surface area contributed by atoms with Crippen LogP contribution in [0.4, 0.5) is 8.78 Å². The lowest BCUT2D eigenvalue weighted by atomic mass is 10.1. The zero-order valence-corrected chi connectivity index (χ0v) is 11.7. The van der Waals surface area contributed by atoms with E-state index in [1.54, 1.807) is 6.92 Å². The van der Waals surface area contributed by atoms with Crippen molar-refractivity contribution in [2.75, 3.05) is 7.05 Å². The second-order valence-corrected chi connectivity index (χ2v) is 4.83. The summed E-state index contributed by atoms with van der Waals surface area (Å²) >= 11 is 0. The van der Waals surface area contributed by atoms with Crippen LogP contribution < -0.4 is 5.32 Å². The molecule has 1 aliphatic rings. The predicted octanol–water partition coefficient (Wildman–Crippen LogP) is 1.75. The molecule has 0 aliphatic carbocycles. The number of hydrogen-bond acceptors (Lipinski definition) is 3. The number of benzene rings is 1. The number of nitrogens with one attached hydrogen (secondary N) is 1. The van der Waals surface area contributed by atoms with Gasteiger partial charge in [0.25, 0.3) is 5.91 Å². The molecule has 2 rings (SSSR count). The molecule has 0 fully saturated rings. The first kappa shape index (κ1) is 15.1. The van der Waals surface area contributed by atoms with Crippen molar-refractivity contribution in [3.05, 3.63) is 35.4 Å². The fourth-order valence-corrected chi connectivity index (χ4v) is 2.04. The highest BCUT2D eigenvalue weighted by molar-refractivity contribution is 6.39. The van der Waals surface area contributed by atoms with Gasteiger partial charge >= 0.3 is 0 Å². The zero-order chi connectivity index (χ0) is 15.6. The minimum Gasteiger partial charge on any atom is -0.344 e. The molecule has 1 N–H and O–H groups in total. The fraction of sp³-hybridized carbons (Fsp3) is 0.357. The number of rotatable bonds is 3. The normalized spacial score (nSPS) is 16.5. The van der Waals surface area contributed by atoms with Gasteiger partial charge in [-0.1, -0.05) is 6.07 Å². The first-order chi connectivity index (χ1) is 9.88. The van der Waals surface area contributed by atoms with Crippen LogP contribution in [-0.4, -0.2) is 29.6 Å². The summed E-state index contributed by atoms with van der Waals surface area (Å²) in [7, 11) is 1.47. The van der Waals surface area contributed by atoms with E-state index in [1.807, 2.05) is 0 Å². The van der Waals surface area contributed by atoms with Crippen LogP contribution in [0.15, 0.2) is 23.3 Å². The number of hydrogen-bond donors (Lipinski definition) is 1. The summed E-state index contributed by atoms with van der Waals surface area (Å²) in [5, 5.41) is 7.59. The maximum absolute atomic E-state index is 13.6. The minimum atomic E-state index is -0.722. The van der Waals surface area contributed by atoms with Gasteiger partial charge in [0.15, 0.2) is 0 Å². The smallest absolute Gasteiger partial charge is 0.267 e. The molecule has 5 nitrogen and oxygen atoms in total. The number of amides is 2. The molecule has 0 unspecified atom stereocenters. The fourth-order valence-electron chi connectivity index (χ4n) is 2.04. The SMILES string of the molecule is C[C@H](NC(=O)C1=NN(C)C(=O)CC1)c1ccc(F)cc1F. The Balaban J connectivity index is 2.09. The molecule has 2 amide bonds. The summed E-state index contributed by atoms with van der Waals surface area (Å²) in [6.45, 7) is 1.59. The molecular formula is C14H15F2N3O2. The van der Waals surface area contributed by atoms with E-state index in [1.165, 1.54) is 13.1 Å². The Labute approximate surface area is 120 Å². The lowest BCUT2D eigenvalue weighted by molar-refractivity contribution is -0.130. The Bertz CT molecular complexity index is 616. The van der Waals surface area contributed by atoms with E-state index in [2.05, 4.69) is 10.4 Å². The number of halogens is 2. The summed E-state index contributed by atoms with van der Waals surface area (Å²) < 4.78 is 26.5. The molecule has 0 saturated heterocycles. The van der Waals surface area contributed by atoms with Crippen molar-refractivity contribution in [2.24, 2.45) is 5.10 Å². The highest BCUT2D eigenvalue weighted by Gasteiger charge is 2.23. The van der Waals surface area contributed by atoms with Crippen molar-refractivity contribution in [3.8, 4) is 0 Å². The molecular weight excluding hydrogens is 280 g/mol. The van der Waals surface area contributed by atoms with Gasteiger partial charge < -0.3 is 5.32 Å². The van der Waals surface area contributed by atoms with Crippen molar-refractivity contribution in [1.82, 2.24) is 10.3 Å². The second kappa shape index (κ2) is 5.99. The van der Waals surface area contributed by atoms with Crippen LogP contribution >= 0.6 is 0 Å². The molecule has 7 heteroatoms. The molecule has 112 valence electrons. The Morgan fingerprint density at radius 3 is 2.71 bits per heavy atom. The van der Waals surface area contributed by atoms with Gasteiger partial charge in [-0.25, -0.2) is 13.8 Å². The van der Waals surface area contributed by atoms with Gasteiger partial charge in [-0.2, -0.15) is 5.10 Å². The van der Waals surface area contributed by atoms with Crippen molar-refractivity contribution in [1.29, 1.82) is 0 Å². The zero-order valence-electron chi connectivity index (χ0n) is 11.7. The van der Waals surface area contributed by atoms with Crippen LogP contribution in [0.5, 0.6) is 0 Å². The molecule has 0 radical (unpaired) electrons. The van der Waals surface area contributed by atoms with E-state index < -0.39 is 23.6 Å².